The number of rotatable bonds is 0. The van der Waals surface area contributed by atoms with Crippen LogP contribution in [-0.2, 0) is 19.1 Å². The third-order valence-corrected chi connectivity index (χ3v) is 5.79. The maximum atomic E-state index is 12.8. The summed E-state index contributed by atoms with van der Waals surface area (Å²) in [5.41, 5.74) is -1.11. The van der Waals surface area contributed by atoms with E-state index in [4.69, 9.17) is 9.47 Å². The van der Waals surface area contributed by atoms with Gasteiger partial charge in [-0.15, -0.1) is 0 Å². The number of nitrogens with zero attached hydrogens (tertiary/aromatic N) is 1. The second kappa shape index (κ2) is 3.74. The van der Waals surface area contributed by atoms with E-state index in [9.17, 15) is 14.4 Å². The Bertz CT molecular complexity index is 518. The van der Waals surface area contributed by atoms with E-state index in [1.165, 1.54) is 4.90 Å². The molecule has 2 heterocycles. The predicted octanol–water partition coefficient (Wildman–Crippen LogP) is 1.09. The fourth-order valence-electron chi connectivity index (χ4n) is 4.93. The third-order valence-electron chi connectivity index (χ3n) is 5.79. The monoisotopic (exact) mass is 279 g/mol. The smallest absolute Gasteiger partial charge is 0.434 e. The summed E-state index contributed by atoms with van der Waals surface area (Å²) in [5.74, 6) is -0.133. The van der Waals surface area contributed by atoms with Gasteiger partial charge in [0.1, 0.15) is 6.61 Å². The van der Waals surface area contributed by atoms with Crippen LogP contribution in [-0.4, -0.2) is 42.6 Å². The molecule has 6 heteroatoms. The van der Waals surface area contributed by atoms with Gasteiger partial charge in [-0.3, -0.25) is 14.5 Å². The Balaban J connectivity index is 1.79. The number of hydrogen-bond acceptors (Lipinski definition) is 5. The van der Waals surface area contributed by atoms with Crippen LogP contribution in [0.25, 0.3) is 0 Å². The van der Waals surface area contributed by atoms with E-state index < -0.39 is 17.0 Å². The van der Waals surface area contributed by atoms with Crippen molar-refractivity contribution in [2.45, 2.75) is 32.1 Å². The molecule has 4 aliphatic rings. The van der Waals surface area contributed by atoms with Crippen LogP contribution < -0.4 is 0 Å². The molecule has 4 fully saturated rings. The van der Waals surface area contributed by atoms with E-state index in [2.05, 4.69) is 0 Å². The average Bonchev–Trinajstić information content (AvgIpc) is 2.54. The molecular weight excluding hydrogens is 262 g/mol. The first-order valence-electron chi connectivity index (χ1n) is 7.28. The minimum Gasteiger partial charge on any atom is -0.434 e. The van der Waals surface area contributed by atoms with Crippen LogP contribution in [0.5, 0.6) is 0 Å². The number of imide groups is 1. The molecule has 2 amide bonds. The van der Waals surface area contributed by atoms with Gasteiger partial charge >= 0.3 is 6.16 Å². The molecule has 0 aromatic carbocycles. The number of fused-ring (bicyclic) bond motifs is 1. The maximum absolute atomic E-state index is 12.8. The molecule has 20 heavy (non-hydrogen) atoms. The van der Waals surface area contributed by atoms with Crippen molar-refractivity contribution in [2.75, 3.05) is 19.8 Å². The van der Waals surface area contributed by atoms with E-state index in [0.717, 1.165) is 25.7 Å². The third kappa shape index (κ3) is 1.14. The SMILES string of the molecule is O=C1OCCN2C(=O)[C@@]34CCCC[C@]3(C2=O)[C@@H](CO1)C4. The van der Waals surface area contributed by atoms with Gasteiger partial charge in [-0.2, -0.15) is 0 Å². The highest BCUT2D eigenvalue weighted by Crippen LogP contribution is 2.72. The Labute approximate surface area is 116 Å². The quantitative estimate of drug-likeness (QED) is 0.490. The van der Waals surface area contributed by atoms with E-state index in [1.807, 2.05) is 0 Å². The minimum absolute atomic E-state index is 0.0210. The summed E-state index contributed by atoms with van der Waals surface area (Å²) in [7, 11) is 0. The number of hydrogen-bond donors (Lipinski definition) is 0. The number of cyclic esters (lactones) is 2. The number of carbonyl (C=O) groups excluding carboxylic acids is 3. The van der Waals surface area contributed by atoms with Gasteiger partial charge in [0.25, 0.3) is 0 Å². The summed E-state index contributed by atoms with van der Waals surface area (Å²) in [6.07, 6.45) is 3.47. The molecule has 0 aromatic rings. The predicted molar refractivity (Wildman–Crippen MR) is 65.5 cm³/mol. The molecule has 108 valence electrons. The first kappa shape index (κ1) is 12.2. The average molecular weight is 279 g/mol. The molecule has 6 nitrogen and oxygen atoms in total. The largest absolute Gasteiger partial charge is 0.508 e. The first-order chi connectivity index (χ1) is 9.62. The van der Waals surface area contributed by atoms with Crippen molar-refractivity contribution in [3.05, 3.63) is 0 Å². The van der Waals surface area contributed by atoms with Crippen molar-refractivity contribution >= 4 is 18.0 Å². The molecule has 1 spiro atoms. The van der Waals surface area contributed by atoms with Crippen molar-refractivity contribution < 1.29 is 23.9 Å². The second-order valence-corrected chi connectivity index (χ2v) is 6.33. The Morgan fingerprint density at radius 2 is 1.85 bits per heavy atom. The lowest BCUT2D eigenvalue weighted by molar-refractivity contribution is -0.184. The molecule has 3 atom stereocenters. The molecular formula is C14H17NO5. The summed E-state index contributed by atoms with van der Waals surface area (Å²) >= 11 is 0. The van der Waals surface area contributed by atoms with Crippen LogP contribution in [0.4, 0.5) is 4.79 Å². The second-order valence-electron chi connectivity index (χ2n) is 6.33. The van der Waals surface area contributed by atoms with E-state index in [0.29, 0.717) is 6.42 Å². The molecule has 2 aliphatic heterocycles. The van der Waals surface area contributed by atoms with Gasteiger partial charge in [0, 0.05) is 5.92 Å². The van der Waals surface area contributed by atoms with Crippen molar-refractivity contribution in [1.29, 1.82) is 0 Å². The van der Waals surface area contributed by atoms with Crippen LogP contribution in [0.2, 0.25) is 0 Å². The molecule has 2 bridgehead atoms. The summed E-state index contributed by atoms with van der Waals surface area (Å²) in [6.45, 7) is 0.365. The lowest BCUT2D eigenvalue weighted by Crippen LogP contribution is -2.63. The number of carbonyl (C=O) groups is 3. The lowest BCUT2D eigenvalue weighted by atomic mass is 9.40. The normalized spacial score (nSPS) is 43.3. The van der Waals surface area contributed by atoms with Crippen molar-refractivity contribution in [1.82, 2.24) is 4.90 Å². The highest BCUT2D eigenvalue weighted by Gasteiger charge is 2.79. The fraction of sp³-hybridized carbons (Fsp3) is 0.786. The van der Waals surface area contributed by atoms with Crippen molar-refractivity contribution in [2.24, 2.45) is 16.7 Å². The Morgan fingerprint density at radius 1 is 1.05 bits per heavy atom. The van der Waals surface area contributed by atoms with E-state index >= 15 is 0 Å². The fourth-order valence-corrected chi connectivity index (χ4v) is 4.93. The van der Waals surface area contributed by atoms with Gasteiger partial charge < -0.3 is 9.47 Å². The highest BCUT2D eigenvalue weighted by atomic mass is 16.7. The van der Waals surface area contributed by atoms with Gasteiger partial charge in [0.2, 0.25) is 11.8 Å². The molecule has 0 aromatic heterocycles. The topological polar surface area (TPSA) is 72.9 Å². The van der Waals surface area contributed by atoms with Gasteiger partial charge in [0.15, 0.2) is 0 Å². The first-order valence-corrected chi connectivity index (χ1v) is 7.28. The lowest BCUT2D eigenvalue weighted by Gasteiger charge is -2.59. The number of amides is 2. The summed E-state index contributed by atoms with van der Waals surface area (Å²) in [5, 5.41) is 0. The highest BCUT2D eigenvalue weighted by molar-refractivity contribution is 6.11. The molecule has 2 aliphatic carbocycles. The summed E-state index contributed by atoms with van der Waals surface area (Å²) in [4.78, 5) is 38.3. The standard InChI is InChI=1S/C14H17NO5/c16-10-13-3-1-2-4-14(13)9(7-13)8-20-12(18)19-6-5-15(10)11(14)17/h9H,1-8H2/t9-,13+,14-/m1/s1. The molecule has 0 N–H and O–H groups in total. The zero-order chi connectivity index (χ0) is 14.0. The number of ether oxygens (including phenoxy) is 2. The molecule has 0 unspecified atom stereocenters. The maximum Gasteiger partial charge on any atom is 0.508 e. The Kier molecular flexibility index (Phi) is 2.28. The molecule has 0 radical (unpaired) electrons. The van der Waals surface area contributed by atoms with E-state index in [-0.39, 0.29) is 37.5 Å². The summed E-state index contributed by atoms with van der Waals surface area (Å²) < 4.78 is 9.97. The Morgan fingerprint density at radius 3 is 2.70 bits per heavy atom. The van der Waals surface area contributed by atoms with Crippen LogP contribution in [0.15, 0.2) is 0 Å². The van der Waals surface area contributed by atoms with Crippen LogP contribution in [0.3, 0.4) is 0 Å². The van der Waals surface area contributed by atoms with Gasteiger partial charge in [-0.05, 0) is 19.3 Å². The van der Waals surface area contributed by atoms with Gasteiger partial charge in [-0.1, -0.05) is 12.8 Å². The molecule has 2 saturated heterocycles. The Hall–Kier alpha value is -1.59. The van der Waals surface area contributed by atoms with Crippen LogP contribution in [0.1, 0.15) is 32.1 Å². The van der Waals surface area contributed by atoms with E-state index in [1.54, 1.807) is 0 Å². The van der Waals surface area contributed by atoms with Crippen LogP contribution >= 0.6 is 0 Å². The summed E-state index contributed by atoms with van der Waals surface area (Å²) in [6, 6.07) is 0. The molecule has 4 rings (SSSR count). The van der Waals surface area contributed by atoms with Gasteiger partial charge in [0.05, 0.1) is 24.0 Å². The zero-order valence-corrected chi connectivity index (χ0v) is 11.2. The van der Waals surface area contributed by atoms with Gasteiger partial charge in [-0.25, -0.2) is 4.79 Å². The zero-order valence-electron chi connectivity index (χ0n) is 11.2. The van der Waals surface area contributed by atoms with Crippen molar-refractivity contribution in [3.63, 3.8) is 0 Å². The minimum atomic E-state index is -0.697. The van der Waals surface area contributed by atoms with Crippen molar-refractivity contribution in [3.8, 4) is 0 Å². The van der Waals surface area contributed by atoms with Crippen LogP contribution in [0, 0.1) is 16.7 Å². The molecule has 2 saturated carbocycles.